The van der Waals surface area contributed by atoms with Gasteiger partial charge in [-0.15, -0.1) is 0 Å². The van der Waals surface area contributed by atoms with Crippen molar-refractivity contribution in [2.45, 2.75) is 45.6 Å². The summed E-state index contributed by atoms with van der Waals surface area (Å²) in [7, 11) is -1.74. The van der Waals surface area contributed by atoms with Crippen LogP contribution in [0.3, 0.4) is 0 Å². The standard InChI is InChI=1S/C14H29N3O2S/c1-5-9-15-11-14-8-6-7-10-17(14)20(18,19)16(4)12-13(2)3/h14-15H,2,5-12H2,1,3-4H3. The molecule has 1 heterocycles. The highest BCUT2D eigenvalue weighted by molar-refractivity contribution is 7.86. The van der Waals surface area contributed by atoms with Crippen LogP contribution in [0.25, 0.3) is 0 Å². The topological polar surface area (TPSA) is 52.7 Å². The molecule has 0 aromatic carbocycles. The summed E-state index contributed by atoms with van der Waals surface area (Å²) in [6, 6.07) is 0.0767. The summed E-state index contributed by atoms with van der Waals surface area (Å²) in [5.41, 5.74) is 0.855. The van der Waals surface area contributed by atoms with E-state index in [-0.39, 0.29) is 6.04 Å². The van der Waals surface area contributed by atoms with E-state index < -0.39 is 10.2 Å². The van der Waals surface area contributed by atoms with Gasteiger partial charge in [-0.2, -0.15) is 17.0 Å². The minimum Gasteiger partial charge on any atom is -0.315 e. The molecule has 0 spiro atoms. The molecule has 0 aliphatic carbocycles. The molecule has 1 aliphatic rings. The summed E-state index contributed by atoms with van der Waals surface area (Å²) < 4.78 is 28.4. The summed E-state index contributed by atoms with van der Waals surface area (Å²) in [6.45, 7) is 10.5. The molecule has 1 atom stereocenters. The van der Waals surface area contributed by atoms with Crippen molar-refractivity contribution in [1.29, 1.82) is 0 Å². The van der Waals surface area contributed by atoms with Gasteiger partial charge < -0.3 is 5.32 Å². The number of likely N-dealkylation sites (N-methyl/N-ethyl adjacent to an activating group) is 1. The molecule has 1 unspecified atom stereocenters. The first-order chi connectivity index (χ1) is 9.39. The van der Waals surface area contributed by atoms with Gasteiger partial charge in [0.15, 0.2) is 0 Å². The third-order valence-corrected chi connectivity index (χ3v) is 5.55. The summed E-state index contributed by atoms with van der Waals surface area (Å²) in [5.74, 6) is 0. The van der Waals surface area contributed by atoms with Gasteiger partial charge in [-0.1, -0.05) is 25.5 Å². The molecule has 0 radical (unpaired) electrons. The average molecular weight is 303 g/mol. The largest absolute Gasteiger partial charge is 0.315 e. The van der Waals surface area contributed by atoms with E-state index >= 15 is 0 Å². The second-order valence-corrected chi connectivity index (χ2v) is 7.67. The fourth-order valence-electron chi connectivity index (χ4n) is 2.57. The van der Waals surface area contributed by atoms with E-state index in [0.29, 0.717) is 13.1 Å². The third-order valence-electron chi connectivity index (χ3n) is 3.56. The van der Waals surface area contributed by atoms with E-state index in [0.717, 1.165) is 44.3 Å². The molecule has 0 bridgehead atoms. The maximum Gasteiger partial charge on any atom is 0.282 e. The molecule has 1 fully saturated rings. The van der Waals surface area contributed by atoms with E-state index in [2.05, 4.69) is 18.8 Å². The summed E-state index contributed by atoms with van der Waals surface area (Å²) in [4.78, 5) is 0. The molecular weight excluding hydrogens is 274 g/mol. The Hall–Kier alpha value is -0.430. The monoisotopic (exact) mass is 303 g/mol. The Labute approximate surface area is 124 Å². The minimum atomic E-state index is -3.38. The van der Waals surface area contributed by atoms with Gasteiger partial charge in [0.05, 0.1) is 0 Å². The van der Waals surface area contributed by atoms with Crippen LogP contribution in [-0.2, 0) is 10.2 Å². The highest BCUT2D eigenvalue weighted by atomic mass is 32.2. The van der Waals surface area contributed by atoms with Crippen molar-refractivity contribution >= 4 is 10.2 Å². The van der Waals surface area contributed by atoms with Crippen LogP contribution in [-0.4, -0.2) is 56.3 Å². The SMILES string of the molecule is C=C(C)CN(C)S(=O)(=O)N1CCCCC1CNCCC. The summed E-state index contributed by atoms with van der Waals surface area (Å²) in [6.07, 6.45) is 4.06. The van der Waals surface area contributed by atoms with Crippen molar-refractivity contribution in [1.82, 2.24) is 13.9 Å². The van der Waals surface area contributed by atoms with Crippen molar-refractivity contribution in [2.24, 2.45) is 0 Å². The third kappa shape index (κ3) is 4.84. The lowest BCUT2D eigenvalue weighted by Gasteiger charge is -2.37. The predicted molar refractivity (Wildman–Crippen MR) is 83.9 cm³/mol. The maximum absolute atomic E-state index is 12.6. The van der Waals surface area contributed by atoms with Crippen LogP contribution in [0.1, 0.15) is 39.5 Å². The number of hydrogen-bond donors (Lipinski definition) is 1. The zero-order chi connectivity index (χ0) is 15.2. The summed E-state index contributed by atoms with van der Waals surface area (Å²) in [5, 5.41) is 3.34. The van der Waals surface area contributed by atoms with E-state index in [1.165, 1.54) is 4.31 Å². The lowest BCUT2D eigenvalue weighted by atomic mass is 10.1. The molecule has 1 saturated heterocycles. The number of piperidine rings is 1. The lowest BCUT2D eigenvalue weighted by Crippen LogP contribution is -2.53. The Morgan fingerprint density at radius 3 is 2.75 bits per heavy atom. The molecule has 1 rings (SSSR count). The summed E-state index contributed by atoms with van der Waals surface area (Å²) >= 11 is 0. The van der Waals surface area contributed by atoms with Gasteiger partial charge in [0.25, 0.3) is 10.2 Å². The molecule has 5 nitrogen and oxygen atoms in total. The second-order valence-electron chi connectivity index (χ2n) is 5.69. The van der Waals surface area contributed by atoms with Crippen LogP contribution in [0.15, 0.2) is 12.2 Å². The number of rotatable bonds is 8. The smallest absolute Gasteiger partial charge is 0.282 e. The first-order valence-electron chi connectivity index (χ1n) is 7.47. The van der Waals surface area contributed by atoms with Crippen LogP contribution in [0.5, 0.6) is 0 Å². The van der Waals surface area contributed by atoms with E-state index in [1.807, 2.05) is 6.92 Å². The zero-order valence-corrected chi connectivity index (χ0v) is 13.9. The Balaban J connectivity index is 2.74. The average Bonchev–Trinajstić information content (AvgIpc) is 2.38. The normalized spacial score (nSPS) is 21.3. The van der Waals surface area contributed by atoms with E-state index in [9.17, 15) is 8.42 Å². The highest BCUT2D eigenvalue weighted by Gasteiger charge is 2.34. The van der Waals surface area contributed by atoms with Gasteiger partial charge >= 0.3 is 0 Å². The molecule has 1 aliphatic heterocycles. The van der Waals surface area contributed by atoms with Crippen molar-refractivity contribution in [3.8, 4) is 0 Å². The van der Waals surface area contributed by atoms with Crippen LogP contribution in [0.4, 0.5) is 0 Å². The predicted octanol–water partition coefficient (Wildman–Crippen LogP) is 1.59. The molecule has 0 saturated carbocycles. The zero-order valence-electron chi connectivity index (χ0n) is 13.1. The van der Waals surface area contributed by atoms with Crippen molar-refractivity contribution in [3.63, 3.8) is 0 Å². The number of nitrogens with one attached hydrogen (secondary N) is 1. The Morgan fingerprint density at radius 2 is 2.15 bits per heavy atom. The van der Waals surface area contributed by atoms with E-state index in [4.69, 9.17) is 0 Å². The van der Waals surface area contributed by atoms with Gasteiger partial charge in [0.2, 0.25) is 0 Å². The first kappa shape index (κ1) is 17.6. The van der Waals surface area contributed by atoms with Gasteiger partial charge in [-0.3, -0.25) is 0 Å². The second kappa shape index (κ2) is 8.12. The molecule has 0 aromatic heterocycles. The van der Waals surface area contributed by atoms with Crippen molar-refractivity contribution in [2.75, 3.05) is 33.2 Å². The Morgan fingerprint density at radius 1 is 1.45 bits per heavy atom. The molecule has 118 valence electrons. The molecule has 1 N–H and O–H groups in total. The minimum absolute atomic E-state index is 0.0767. The molecule has 20 heavy (non-hydrogen) atoms. The molecule has 0 aromatic rings. The van der Waals surface area contributed by atoms with Crippen LogP contribution >= 0.6 is 0 Å². The molecule has 0 amide bonds. The fraction of sp³-hybridized carbons (Fsp3) is 0.857. The van der Waals surface area contributed by atoms with Gasteiger partial charge in [0.1, 0.15) is 0 Å². The van der Waals surface area contributed by atoms with Gasteiger partial charge in [-0.25, -0.2) is 0 Å². The van der Waals surface area contributed by atoms with Crippen molar-refractivity contribution < 1.29 is 8.42 Å². The Bertz CT molecular complexity index is 409. The lowest BCUT2D eigenvalue weighted by molar-refractivity contribution is 0.232. The number of nitrogens with zero attached hydrogens (tertiary/aromatic N) is 2. The molecule has 6 heteroatoms. The fourth-order valence-corrected chi connectivity index (χ4v) is 4.23. The highest BCUT2D eigenvalue weighted by Crippen LogP contribution is 2.22. The van der Waals surface area contributed by atoms with E-state index in [1.54, 1.807) is 11.4 Å². The van der Waals surface area contributed by atoms with Crippen molar-refractivity contribution in [3.05, 3.63) is 12.2 Å². The van der Waals surface area contributed by atoms with Crippen LogP contribution < -0.4 is 5.32 Å². The van der Waals surface area contributed by atoms with Crippen LogP contribution in [0.2, 0.25) is 0 Å². The first-order valence-corrected chi connectivity index (χ1v) is 8.87. The van der Waals surface area contributed by atoms with Crippen LogP contribution in [0, 0.1) is 0 Å². The Kier molecular flexibility index (Phi) is 7.15. The maximum atomic E-state index is 12.6. The quantitative estimate of drug-likeness (QED) is 0.547. The molecular formula is C14H29N3O2S. The van der Waals surface area contributed by atoms with Gasteiger partial charge in [0, 0.05) is 32.7 Å². The van der Waals surface area contributed by atoms with Gasteiger partial charge in [-0.05, 0) is 32.7 Å². The number of hydrogen-bond acceptors (Lipinski definition) is 3.